The molecule has 0 saturated heterocycles. The van der Waals surface area contributed by atoms with Crippen LogP contribution in [0.4, 0.5) is 11.7 Å². The van der Waals surface area contributed by atoms with Gasteiger partial charge >= 0.3 is 0 Å². The van der Waals surface area contributed by atoms with Crippen molar-refractivity contribution < 1.29 is 4.42 Å². The maximum Gasteiger partial charge on any atom is 0.300 e. The molecule has 0 saturated carbocycles. The van der Waals surface area contributed by atoms with Gasteiger partial charge in [0.15, 0.2) is 5.58 Å². The summed E-state index contributed by atoms with van der Waals surface area (Å²) in [5.74, 6) is 0. The van der Waals surface area contributed by atoms with Gasteiger partial charge in [-0.05, 0) is 42.5 Å². The quantitative estimate of drug-likeness (QED) is 0.375. The van der Waals surface area contributed by atoms with Crippen molar-refractivity contribution in [2.45, 2.75) is 0 Å². The summed E-state index contributed by atoms with van der Waals surface area (Å²) in [5, 5.41) is 6.85. The van der Waals surface area contributed by atoms with Gasteiger partial charge in [0.05, 0.1) is 5.69 Å². The summed E-state index contributed by atoms with van der Waals surface area (Å²) >= 11 is 7.62. The molecule has 5 nitrogen and oxygen atoms in total. The van der Waals surface area contributed by atoms with Gasteiger partial charge in [-0.15, -0.1) is 11.3 Å². The predicted octanol–water partition coefficient (Wildman–Crippen LogP) is 6.41. The Kier molecular flexibility index (Phi) is 4.27. The minimum atomic E-state index is 0.421. The average Bonchev–Trinajstić information content (AvgIpc) is 3.35. The Morgan fingerprint density at radius 3 is 2.71 bits per heavy atom. The van der Waals surface area contributed by atoms with Gasteiger partial charge < -0.3 is 9.73 Å². The van der Waals surface area contributed by atoms with E-state index in [-0.39, 0.29) is 0 Å². The minimum absolute atomic E-state index is 0.421. The monoisotopic (exact) mass is 404 g/mol. The highest BCUT2D eigenvalue weighted by Crippen LogP contribution is 2.31. The van der Waals surface area contributed by atoms with Crippen molar-refractivity contribution >= 4 is 45.7 Å². The second kappa shape index (κ2) is 7.07. The third-order valence-corrected chi connectivity index (χ3v) is 5.32. The predicted molar refractivity (Wildman–Crippen MR) is 113 cm³/mol. The largest absolute Gasteiger partial charge is 0.423 e. The molecule has 5 rings (SSSR count). The van der Waals surface area contributed by atoms with Crippen LogP contribution in [0.2, 0.25) is 5.02 Å². The first kappa shape index (κ1) is 16.9. The van der Waals surface area contributed by atoms with E-state index >= 15 is 0 Å². The topological polar surface area (TPSA) is 63.8 Å². The van der Waals surface area contributed by atoms with Crippen molar-refractivity contribution in [3.63, 3.8) is 0 Å². The van der Waals surface area contributed by atoms with E-state index in [9.17, 15) is 0 Å². The molecule has 0 aliphatic carbocycles. The Morgan fingerprint density at radius 1 is 0.929 bits per heavy atom. The standard InChI is InChI=1S/C21H13ClN4OS/c22-15-4-5-19-17(11-15)26-21(27-19)24-16-3-1-2-14(10-16)18-12-28-20(25-18)13-6-8-23-9-7-13/h1-12H,(H,24,26). The van der Waals surface area contributed by atoms with E-state index in [2.05, 4.69) is 20.7 Å². The van der Waals surface area contributed by atoms with E-state index in [1.165, 1.54) is 0 Å². The molecule has 0 fully saturated rings. The Balaban J connectivity index is 1.42. The first-order valence-corrected chi connectivity index (χ1v) is 9.80. The van der Waals surface area contributed by atoms with Crippen LogP contribution in [-0.2, 0) is 0 Å². The molecular weight excluding hydrogens is 392 g/mol. The molecule has 0 unspecified atom stereocenters. The second-order valence-corrected chi connectivity index (χ2v) is 7.41. The molecule has 0 aliphatic rings. The smallest absolute Gasteiger partial charge is 0.300 e. The average molecular weight is 405 g/mol. The first-order valence-electron chi connectivity index (χ1n) is 8.54. The summed E-state index contributed by atoms with van der Waals surface area (Å²) in [6, 6.07) is 17.7. The van der Waals surface area contributed by atoms with Gasteiger partial charge in [-0.25, -0.2) is 4.98 Å². The molecule has 0 bridgehead atoms. The Hall–Kier alpha value is -3.22. The number of halogens is 1. The summed E-state index contributed by atoms with van der Waals surface area (Å²) in [6.07, 6.45) is 3.54. The number of pyridine rings is 1. The molecule has 0 aliphatic heterocycles. The van der Waals surface area contributed by atoms with Crippen molar-refractivity contribution in [1.29, 1.82) is 0 Å². The third kappa shape index (κ3) is 3.35. The number of thiazole rings is 1. The molecular formula is C21H13ClN4OS. The van der Waals surface area contributed by atoms with E-state index in [4.69, 9.17) is 21.0 Å². The van der Waals surface area contributed by atoms with Crippen LogP contribution in [0.15, 0.2) is 76.8 Å². The van der Waals surface area contributed by atoms with Crippen LogP contribution >= 0.6 is 22.9 Å². The van der Waals surface area contributed by atoms with Gasteiger partial charge in [0.25, 0.3) is 6.01 Å². The van der Waals surface area contributed by atoms with Crippen LogP contribution in [0.1, 0.15) is 0 Å². The SMILES string of the molecule is Clc1ccc2oc(Nc3cccc(-c4csc(-c5ccncc5)n4)c3)nc2c1. The fraction of sp³-hybridized carbons (Fsp3) is 0. The number of hydrogen-bond acceptors (Lipinski definition) is 6. The van der Waals surface area contributed by atoms with E-state index in [0.29, 0.717) is 22.1 Å². The highest BCUT2D eigenvalue weighted by Gasteiger charge is 2.09. The number of hydrogen-bond donors (Lipinski definition) is 1. The Morgan fingerprint density at radius 2 is 1.82 bits per heavy atom. The molecule has 2 aromatic carbocycles. The number of benzene rings is 2. The van der Waals surface area contributed by atoms with E-state index < -0.39 is 0 Å². The fourth-order valence-corrected chi connectivity index (χ4v) is 3.87. The van der Waals surface area contributed by atoms with Crippen LogP contribution < -0.4 is 5.32 Å². The zero-order valence-electron chi connectivity index (χ0n) is 14.5. The van der Waals surface area contributed by atoms with Crippen LogP contribution in [0.25, 0.3) is 32.9 Å². The first-order chi connectivity index (χ1) is 13.7. The zero-order chi connectivity index (χ0) is 18.9. The summed E-state index contributed by atoms with van der Waals surface area (Å²) in [7, 11) is 0. The lowest BCUT2D eigenvalue weighted by atomic mass is 10.1. The molecule has 1 N–H and O–H groups in total. The van der Waals surface area contributed by atoms with Crippen LogP contribution in [0.5, 0.6) is 0 Å². The molecule has 136 valence electrons. The number of oxazole rings is 1. The second-order valence-electron chi connectivity index (χ2n) is 6.11. The molecule has 3 aromatic heterocycles. The number of anilines is 2. The molecule has 0 radical (unpaired) electrons. The summed E-state index contributed by atoms with van der Waals surface area (Å²) in [6.45, 7) is 0. The number of nitrogens with one attached hydrogen (secondary N) is 1. The highest BCUT2D eigenvalue weighted by molar-refractivity contribution is 7.13. The number of rotatable bonds is 4. The number of nitrogens with zero attached hydrogens (tertiary/aromatic N) is 3. The normalized spacial score (nSPS) is 11.0. The Bertz CT molecular complexity index is 1270. The van der Waals surface area contributed by atoms with Crippen LogP contribution in [-0.4, -0.2) is 15.0 Å². The molecule has 7 heteroatoms. The maximum atomic E-state index is 6.01. The molecule has 3 heterocycles. The van der Waals surface area contributed by atoms with Crippen LogP contribution in [0.3, 0.4) is 0 Å². The van der Waals surface area contributed by atoms with Gasteiger partial charge in [0, 0.05) is 39.6 Å². The zero-order valence-corrected chi connectivity index (χ0v) is 16.0. The van der Waals surface area contributed by atoms with Crippen LogP contribution in [0, 0.1) is 0 Å². The number of fused-ring (bicyclic) bond motifs is 1. The minimum Gasteiger partial charge on any atom is -0.423 e. The van der Waals surface area contributed by atoms with E-state index in [1.807, 2.05) is 42.5 Å². The summed E-state index contributed by atoms with van der Waals surface area (Å²) < 4.78 is 5.73. The lowest BCUT2D eigenvalue weighted by Gasteiger charge is -2.03. The fourth-order valence-electron chi connectivity index (χ4n) is 2.87. The van der Waals surface area contributed by atoms with Crippen molar-refractivity contribution in [2.24, 2.45) is 0 Å². The maximum absolute atomic E-state index is 6.01. The number of aromatic nitrogens is 3. The molecule has 5 aromatic rings. The van der Waals surface area contributed by atoms with Crippen molar-refractivity contribution in [2.75, 3.05) is 5.32 Å². The van der Waals surface area contributed by atoms with Gasteiger partial charge in [-0.1, -0.05) is 23.7 Å². The summed E-state index contributed by atoms with van der Waals surface area (Å²) in [5.41, 5.74) is 5.27. The molecule has 28 heavy (non-hydrogen) atoms. The van der Waals surface area contributed by atoms with Gasteiger partial charge in [-0.2, -0.15) is 4.98 Å². The third-order valence-electron chi connectivity index (χ3n) is 4.19. The molecule has 0 amide bonds. The van der Waals surface area contributed by atoms with Gasteiger partial charge in [0.1, 0.15) is 10.5 Å². The molecule has 0 atom stereocenters. The van der Waals surface area contributed by atoms with Gasteiger partial charge in [-0.3, -0.25) is 4.98 Å². The van der Waals surface area contributed by atoms with Crippen molar-refractivity contribution in [1.82, 2.24) is 15.0 Å². The molecule has 0 spiro atoms. The van der Waals surface area contributed by atoms with Crippen molar-refractivity contribution in [3.05, 3.63) is 77.4 Å². The lowest BCUT2D eigenvalue weighted by Crippen LogP contribution is -1.90. The highest BCUT2D eigenvalue weighted by atomic mass is 35.5. The Labute approximate surface area is 169 Å². The summed E-state index contributed by atoms with van der Waals surface area (Å²) in [4.78, 5) is 13.2. The van der Waals surface area contributed by atoms with E-state index in [0.717, 1.165) is 27.5 Å². The van der Waals surface area contributed by atoms with Gasteiger partial charge in [0.2, 0.25) is 0 Å². The van der Waals surface area contributed by atoms with E-state index in [1.54, 1.807) is 35.9 Å². The van der Waals surface area contributed by atoms with Crippen molar-refractivity contribution in [3.8, 4) is 21.8 Å². The lowest BCUT2D eigenvalue weighted by molar-refractivity contribution is 0.623.